The number of para-hydroxylation sites is 1. The molecule has 5 nitrogen and oxygen atoms in total. The first-order valence-corrected chi connectivity index (χ1v) is 9.02. The first-order chi connectivity index (χ1) is 13.7. The molecule has 138 valence electrons. The lowest BCUT2D eigenvalue weighted by atomic mass is 10.0. The number of nitrogens with zero attached hydrogens (tertiary/aromatic N) is 1. The minimum Gasteiger partial charge on any atom is -0.497 e. The van der Waals surface area contributed by atoms with E-state index in [0.29, 0.717) is 12.1 Å². The molecule has 4 aromatic rings. The molecule has 1 amide bonds. The maximum atomic E-state index is 12.9. The Morgan fingerprint density at radius 1 is 1.07 bits per heavy atom. The summed E-state index contributed by atoms with van der Waals surface area (Å²) in [4.78, 5) is 20.7. The molecule has 2 aromatic carbocycles. The van der Waals surface area contributed by atoms with E-state index < -0.39 is 0 Å². The number of aromatic nitrogens is 2. The van der Waals surface area contributed by atoms with Gasteiger partial charge in [-0.3, -0.25) is 4.79 Å². The molecule has 0 fully saturated rings. The first-order valence-electron chi connectivity index (χ1n) is 9.02. The molecular formula is C23H20N3O2+. The van der Waals surface area contributed by atoms with Gasteiger partial charge in [-0.05, 0) is 42.5 Å². The third-order valence-corrected chi connectivity index (χ3v) is 4.57. The lowest BCUT2D eigenvalue weighted by molar-refractivity contribution is -0.378. The van der Waals surface area contributed by atoms with Crippen molar-refractivity contribution in [3.05, 3.63) is 90.3 Å². The molecule has 0 radical (unpaired) electrons. The van der Waals surface area contributed by atoms with Crippen molar-refractivity contribution >= 4 is 16.8 Å². The van der Waals surface area contributed by atoms with E-state index in [2.05, 4.69) is 10.3 Å². The Labute approximate surface area is 163 Å². The van der Waals surface area contributed by atoms with Gasteiger partial charge in [0.25, 0.3) is 5.91 Å². The summed E-state index contributed by atoms with van der Waals surface area (Å²) < 4.78 is 5.22. The minimum absolute atomic E-state index is 0.128. The lowest BCUT2D eigenvalue weighted by Gasteiger charge is -2.11. The molecule has 0 bridgehead atoms. The number of aromatic amines is 1. The van der Waals surface area contributed by atoms with Crippen LogP contribution in [0.3, 0.4) is 0 Å². The number of pyridine rings is 2. The third-order valence-electron chi connectivity index (χ3n) is 4.57. The molecule has 2 N–H and O–H groups in total. The summed E-state index contributed by atoms with van der Waals surface area (Å²) in [6.45, 7) is 0.449. The van der Waals surface area contributed by atoms with Gasteiger partial charge < -0.3 is 10.1 Å². The number of H-pyrrole nitrogens is 1. The zero-order valence-corrected chi connectivity index (χ0v) is 15.5. The number of rotatable bonds is 5. The van der Waals surface area contributed by atoms with Crippen LogP contribution in [-0.4, -0.2) is 18.0 Å². The number of hydrogen-bond donors (Lipinski definition) is 1. The van der Waals surface area contributed by atoms with Gasteiger partial charge in [-0.1, -0.05) is 18.2 Å². The van der Waals surface area contributed by atoms with Gasteiger partial charge in [0.2, 0.25) is 0 Å². The quantitative estimate of drug-likeness (QED) is 0.583. The predicted octanol–water partition coefficient (Wildman–Crippen LogP) is 3.65. The van der Waals surface area contributed by atoms with E-state index in [9.17, 15) is 4.79 Å². The maximum absolute atomic E-state index is 12.9. The number of methoxy groups -OCH3 is 1. The highest BCUT2D eigenvalue weighted by atomic mass is 16.5. The van der Waals surface area contributed by atoms with E-state index in [4.69, 9.17) is 9.72 Å². The van der Waals surface area contributed by atoms with Crippen molar-refractivity contribution in [1.82, 2.24) is 10.3 Å². The molecular weight excluding hydrogens is 350 g/mol. The fraction of sp³-hybridized carbons (Fsp3) is 0.0870. The first kappa shape index (κ1) is 17.7. The van der Waals surface area contributed by atoms with Gasteiger partial charge in [-0.25, -0.2) is 9.97 Å². The molecule has 0 aliphatic heterocycles. The number of hydrogen-bond acceptors (Lipinski definition) is 3. The van der Waals surface area contributed by atoms with Crippen LogP contribution < -0.4 is 15.0 Å². The van der Waals surface area contributed by atoms with Crippen molar-refractivity contribution in [3.8, 4) is 17.0 Å². The Kier molecular flexibility index (Phi) is 4.97. The normalized spacial score (nSPS) is 10.6. The van der Waals surface area contributed by atoms with Gasteiger partial charge in [-0.15, -0.1) is 0 Å². The van der Waals surface area contributed by atoms with Gasteiger partial charge in [-0.2, -0.15) is 0 Å². The van der Waals surface area contributed by atoms with Gasteiger partial charge in [0.15, 0.2) is 12.4 Å². The number of nitrogens with one attached hydrogen (secondary N) is 2. The second kappa shape index (κ2) is 7.88. The SMILES string of the molecule is COc1ccc(-c2cc(C(=O)NCc3ccc[nH+]c3)c3ccccc3n2)cc1. The van der Waals surface area contributed by atoms with Gasteiger partial charge in [0.05, 0.1) is 23.9 Å². The van der Waals surface area contributed by atoms with E-state index >= 15 is 0 Å². The van der Waals surface area contributed by atoms with Crippen LogP contribution >= 0.6 is 0 Å². The number of ether oxygens (including phenoxy) is 1. The molecule has 0 saturated heterocycles. The van der Waals surface area contributed by atoms with Crippen molar-refractivity contribution < 1.29 is 14.5 Å². The molecule has 0 spiro atoms. The van der Waals surface area contributed by atoms with Crippen LogP contribution in [0, 0.1) is 0 Å². The average Bonchev–Trinajstić information content (AvgIpc) is 2.77. The van der Waals surface area contributed by atoms with Gasteiger partial charge in [0, 0.05) is 29.1 Å². The van der Waals surface area contributed by atoms with E-state index in [-0.39, 0.29) is 5.91 Å². The molecule has 0 aliphatic carbocycles. The fourth-order valence-corrected chi connectivity index (χ4v) is 3.09. The summed E-state index contributed by atoms with van der Waals surface area (Å²) in [6.07, 6.45) is 3.70. The summed E-state index contributed by atoms with van der Waals surface area (Å²) >= 11 is 0. The van der Waals surface area contributed by atoms with Crippen LogP contribution in [0.1, 0.15) is 15.9 Å². The van der Waals surface area contributed by atoms with Crippen LogP contribution in [0.5, 0.6) is 5.75 Å². The van der Waals surface area contributed by atoms with E-state index in [1.807, 2.05) is 79.1 Å². The smallest absolute Gasteiger partial charge is 0.252 e. The fourth-order valence-electron chi connectivity index (χ4n) is 3.09. The molecule has 0 saturated carbocycles. The summed E-state index contributed by atoms with van der Waals surface area (Å²) in [6, 6.07) is 21.1. The predicted molar refractivity (Wildman–Crippen MR) is 108 cm³/mol. The third kappa shape index (κ3) is 3.69. The molecule has 0 unspecified atom stereocenters. The maximum Gasteiger partial charge on any atom is 0.252 e. The number of benzene rings is 2. The summed E-state index contributed by atoms with van der Waals surface area (Å²) in [5.41, 5.74) is 4.08. The molecule has 0 atom stereocenters. The number of fused-ring (bicyclic) bond motifs is 1. The Morgan fingerprint density at radius 3 is 2.64 bits per heavy atom. The van der Waals surface area contributed by atoms with Crippen LogP contribution in [-0.2, 0) is 6.54 Å². The molecule has 0 aliphatic rings. The van der Waals surface area contributed by atoms with Gasteiger partial charge in [0.1, 0.15) is 5.75 Å². The lowest BCUT2D eigenvalue weighted by Crippen LogP contribution is -2.24. The molecule has 2 heterocycles. The zero-order chi connectivity index (χ0) is 19.3. The van der Waals surface area contributed by atoms with Crippen molar-refractivity contribution in [1.29, 1.82) is 0 Å². The Balaban J connectivity index is 1.70. The number of carbonyl (C=O) groups is 1. The Bertz CT molecular complexity index is 1110. The molecule has 28 heavy (non-hydrogen) atoms. The summed E-state index contributed by atoms with van der Waals surface area (Å²) in [5.74, 6) is 0.652. The number of carbonyl (C=O) groups excluding carboxylic acids is 1. The van der Waals surface area contributed by atoms with Crippen LogP contribution in [0.15, 0.2) is 79.1 Å². The van der Waals surface area contributed by atoms with Gasteiger partial charge >= 0.3 is 0 Å². The highest BCUT2D eigenvalue weighted by molar-refractivity contribution is 6.07. The van der Waals surface area contributed by atoms with Crippen LogP contribution in [0.2, 0.25) is 0 Å². The van der Waals surface area contributed by atoms with Crippen molar-refractivity contribution in [3.63, 3.8) is 0 Å². The van der Waals surface area contributed by atoms with E-state index in [1.165, 1.54) is 0 Å². The van der Waals surface area contributed by atoms with Crippen LogP contribution in [0.4, 0.5) is 0 Å². The van der Waals surface area contributed by atoms with Crippen molar-refractivity contribution in [2.75, 3.05) is 7.11 Å². The standard InChI is InChI=1S/C23H19N3O2/c1-28-18-10-8-17(9-11-18)22-13-20(19-6-2-3-7-21(19)26-22)23(27)25-15-16-5-4-12-24-14-16/h2-14H,15H2,1H3,(H,25,27)/p+1. The molecule has 4 rings (SSSR count). The van der Waals surface area contributed by atoms with E-state index in [0.717, 1.165) is 33.5 Å². The second-order valence-corrected chi connectivity index (χ2v) is 6.40. The molecule has 5 heteroatoms. The van der Waals surface area contributed by atoms with E-state index in [1.54, 1.807) is 7.11 Å². The summed E-state index contributed by atoms with van der Waals surface area (Å²) in [5, 5.41) is 3.83. The highest BCUT2D eigenvalue weighted by Gasteiger charge is 2.14. The van der Waals surface area contributed by atoms with Crippen molar-refractivity contribution in [2.45, 2.75) is 6.54 Å². The molecule has 2 aromatic heterocycles. The zero-order valence-electron chi connectivity index (χ0n) is 15.5. The second-order valence-electron chi connectivity index (χ2n) is 6.40. The Morgan fingerprint density at radius 2 is 1.89 bits per heavy atom. The highest BCUT2D eigenvalue weighted by Crippen LogP contribution is 2.26. The Hall–Kier alpha value is -3.73. The largest absolute Gasteiger partial charge is 0.497 e. The number of amides is 1. The topological polar surface area (TPSA) is 65.4 Å². The minimum atomic E-state index is -0.128. The van der Waals surface area contributed by atoms with Crippen LogP contribution in [0.25, 0.3) is 22.2 Å². The monoisotopic (exact) mass is 370 g/mol. The van der Waals surface area contributed by atoms with Crippen molar-refractivity contribution in [2.24, 2.45) is 0 Å². The summed E-state index contributed by atoms with van der Waals surface area (Å²) in [7, 11) is 1.64. The average molecular weight is 370 g/mol.